The number of carbonyl (C=O) groups is 1. The van der Waals surface area contributed by atoms with Crippen LogP contribution < -0.4 is 24.3 Å². The molecule has 6 nitrogen and oxygen atoms in total. The lowest BCUT2D eigenvalue weighted by Crippen LogP contribution is -2.12. The Bertz CT molecular complexity index is 809. The van der Waals surface area contributed by atoms with Crippen LogP contribution in [0.5, 0.6) is 23.0 Å². The topological polar surface area (TPSA) is 66.0 Å². The Hall–Kier alpha value is -2.41. The van der Waals surface area contributed by atoms with Crippen LogP contribution in [-0.2, 0) is 0 Å². The monoisotopic (exact) mass is 421 g/mol. The van der Waals surface area contributed by atoms with Crippen LogP contribution in [-0.4, -0.2) is 32.8 Å². The first-order valence-electron chi connectivity index (χ1n) is 8.33. The number of hydrogen-bond acceptors (Lipinski definition) is 5. The maximum absolute atomic E-state index is 12.6. The zero-order valence-electron chi connectivity index (χ0n) is 14.6. The summed E-state index contributed by atoms with van der Waals surface area (Å²) in [5, 5.41) is 2.87. The van der Waals surface area contributed by atoms with Gasteiger partial charge >= 0.3 is 0 Å². The number of benzene rings is 2. The van der Waals surface area contributed by atoms with Gasteiger partial charge in [0.1, 0.15) is 0 Å². The molecule has 0 spiro atoms. The number of hydrogen-bond donors (Lipinski definition) is 1. The minimum Gasteiger partial charge on any atom is -0.493 e. The molecule has 26 heavy (non-hydrogen) atoms. The van der Waals surface area contributed by atoms with E-state index in [4.69, 9.17) is 18.9 Å². The summed E-state index contributed by atoms with van der Waals surface area (Å²) in [5.41, 5.74) is 1.08. The lowest BCUT2D eigenvalue weighted by atomic mass is 10.1. The van der Waals surface area contributed by atoms with Gasteiger partial charge in [0.05, 0.1) is 31.4 Å². The van der Waals surface area contributed by atoms with E-state index < -0.39 is 0 Å². The molecule has 0 saturated heterocycles. The maximum Gasteiger partial charge on any atom is 0.255 e. The van der Waals surface area contributed by atoms with E-state index in [9.17, 15) is 4.79 Å². The second-order valence-corrected chi connectivity index (χ2v) is 6.44. The molecule has 0 unspecified atom stereocenters. The molecule has 0 aromatic heterocycles. The maximum atomic E-state index is 12.6. The van der Waals surface area contributed by atoms with E-state index >= 15 is 0 Å². The fourth-order valence-corrected chi connectivity index (χ4v) is 3.14. The standard InChI is InChI=1S/C19H20BrNO5/c1-3-24-18-14(20)9-12(10-17(18)23-2)19(22)21-13-5-6-15-16(11-13)26-8-4-7-25-15/h5-6,9-11H,3-4,7-8H2,1-2H3,(H,21,22). The highest BCUT2D eigenvalue weighted by Crippen LogP contribution is 2.37. The third kappa shape index (κ3) is 4.04. The molecule has 1 aliphatic heterocycles. The molecule has 7 heteroatoms. The number of anilines is 1. The highest BCUT2D eigenvalue weighted by molar-refractivity contribution is 9.10. The molecule has 0 aliphatic carbocycles. The lowest BCUT2D eigenvalue weighted by Gasteiger charge is -2.14. The molecule has 3 rings (SSSR count). The van der Waals surface area contributed by atoms with E-state index in [1.54, 1.807) is 30.3 Å². The molecule has 2 aromatic rings. The highest BCUT2D eigenvalue weighted by atomic mass is 79.9. The van der Waals surface area contributed by atoms with Gasteiger partial charge in [0.2, 0.25) is 0 Å². The molecular formula is C19H20BrNO5. The van der Waals surface area contributed by atoms with Gasteiger partial charge in [-0.2, -0.15) is 0 Å². The molecule has 0 bridgehead atoms. The summed E-state index contributed by atoms with van der Waals surface area (Å²) in [6.45, 7) is 3.60. The van der Waals surface area contributed by atoms with Crippen LogP contribution in [0, 0.1) is 0 Å². The molecule has 0 saturated carbocycles. The Balaban J connectivity index is 1.82. The Morgan fingerprint density at radius 1 is 1.19 bits per heavy atom. The predicted molar refractivity (Wildman–Crippen MR) is 102 cm³/mol. The van der Waals surface area contributed by atoms with Gasteiger partial charge in [0, 0.05) is 23.7 Å². The molecule has 1 aliphatic rings. The summed E-state index contributed by atoms with van der Waals surface area (Å²) < 4.78 is 22.8. The van der Waals surface area contributed by atoms with Crippen molar-refractivity contribution in [3.63, 3.8) is 0 Å². The first kappa shape index (κ1) is 18.4. The van der Waals surface area contributed by atoms with E-state index in [0.29, 0.717) is 58.5 Å². The molecule has 2 aromatic carbocycles. The van der Waals surface area contributed by atoms with Crippen molar-refractivity contribution < 1.29 is 23.7 Å². The zero-order valence-corrected chi connectivity index (χ0v) is 16.2. The summed E-state index contributed by atoms with van der Waals surface area (Å²) >= 11 is 3.43. The van der Waals surface area contributed by atoms with Gasteiger partial charge in [0.15, 0.2) is 23.0 Å². The number of ether oxygens (including phenoxy) is 4. The lowest BCUT2D eigenvalue weighted by molar-refractivity contribution is 0.102. The highest BCUT2D eigenvalue weighted by Gasteiger charge is 2.17. The molecular weight excluding hydrogens is 402 g/mol. The molecule has 0 atom stereocenters. The van der Waals surface area contributed by atoms with Crippen molar-refractivity contribution in [2.24, 2.45) is 0 Å². The predicted octanol–water partition coefficient (Wildman–Crippen LogP) is 4.27. The van der Waals surface area contributed by atoms with E-state index in [2.05, 4.69) is 21.2 Å². The van der Waals surface area contributed by atoms with Gasteiger partial charge in [-0.25, -0.2) is 0 Å². The number of amides is 1. The van der Waals surface area contributed by atoms with E-state index in [-0.39, 0.29) is 5.91 Å². The van der Waals surface area contributed by atoms with Crippen molar-refractivity contribution >= 4 is 27.5 Å². The minimum absolute atomic E-state index is 0.262. The normalized spacial score (nSPS) is 12.9. The van der Waals surface area contributed by atoms with Crippen LogP contribution in [0.3, 0.4) is 0 Å². The Labute approximate surface area is 160 Å². The summed E-state index contributed by atoms with van der Waals surface area (Å²) in [5.74, 6) is 2.12. The second-order valence-electron chi connectivity index (χ2n) is 5.59. The van der Waals surface area contributed by atoms with E-state index in [0.717, 1.165) is 6.42 Å². The van der Waals surface area contributed by atoms with Crippen molar-refractivity contribution in [3.8, 4) is 23.0 Å². The number of carbonyl (C=O) groups excluding carboxylic acids is 1. The van der Waals surface area contributed by atoms with Crippen LogP contribution >= 0.6 is 15.9 Å². The quantitative estimate of drug-likeness (QED) is 0.780. The molecule has 1 heterocycles. The van der Waals surface area contributed by atoms with Gasteiger partial charge in [-0.15, -0.1) is 0 Å². The van der Waals surface area contributed by atoms with E-state index in [1.165, 1.54) is 7.11 Å². The van der Waals surface area contributed by atoms with Gasteiger partial charge < -0.3 is 24.3 Å². The number of nitrogens with one attached hydrogen (secondary N) is 1. The average molecular weight is 422 g/mol. The first-order chi connectivity index (χ1) is 12.6. The largest absolute Gasteiger partial charge is 0.493 e. The fraction of sp³-hybridized carbons (Fsp3) is 0.316. The first-order valence-corrected chi connectivity index (χ1v) is 9.13. The summed E-state index contributed by atoms with van der Waals surface area (Å²) in [4.78, 5) is 12.6. The number of rotatable bonds is 5. The number of halogens is 1. The smallest absolute Gasteiger partial charge is 0.255 e. The van der Waals surface area contributed by atoms with Crippen LogP contribution in [0.15, 0.2) is 34.8 Å². The fourth-order valence-electron chi connectivity index (χ4n) is 2.58. The van der Waals surface area contributed by atoms with Crippen LogP contribution in [0.25, 0.3) is 0 Å². The van der Waals surface area contributed by atoms with Crippen LogP contribution in [0.1, 0.15) is 23.7 Å². The Kier molecular flexibility index (Phi) is 5.88. The Morgan fingerprint density at radius 3 is 2.69 bits per heavy atom. The number of fused-ring (bicyclic) bond motifs is 1. The van der Waals surface area contributed by atoms with Gasteiger partial charge in [-0.1, -0.05) is 0 Å². The van der Waals surface area contributed by atoms with Crippen LogP contribution in [0.2, 0.25) is 0 Å². The average Bonchev–Trinajstić information content (AvgIpc) is 2.88. The van der Waals surface area contributed by atoms with E-state index in [1.807, 2.05) is 6.92 Å². The molecule has 138 valence electrons. The molecule has 0 fully saturated rings. The molecule has 0 radical (unpaired) electrons. The third-order valence-corrected chi connectivity index (χ3v) is 4.37. The Morgan fingerprint density at radius 2 is 1.96 bits per heavy atom. The summed E-state index contributed by atoms with van der Waals surface area (Å²) in [7, 11) is 1.54. The molecule has 1 amide bonds. The van der Waals surface area contributed by atoms with Crippen LogP contribution in [0.4, 0.5) is 5.69 Å². The summed E-state index contributed by atoms with van der Waals surface area (Å²) in [6.07, 6.45) is 0.830. The zero-order chi connectivity index (χ0) is 18.5. The summed E-state index contributed by atoms with van der Waals surface area (Å²) in [6, 6.07) is 8.69. The number of methoxy groups -OCH3 is 1. The van der Waals surface area contributed by atoms with Gasteiger partial charge in [-0.3, -0.25) is 4.79 Å². The SMILES string of the molecule is CCOc1c(Br)cc(C(=O)Nc2ccc3c(c2)OCCCO3)cc1OC. The minimum atomic E-state index is -0.262. The van der Waals surface area contributed by atoms with Gasteiger partial charge in [0.25, 0.3) is 5.91 Å². The van der Waals surface area contributed by atoms with Crippen molar-refractivity contribution in [3.05, 3.63) is 40.4 Å². The second kappa shape index (κ2) is 8.31. The van der Waals surface area contributed by atoms with Crippen molar-refractivity contribution in [1.82, 2.24) is 0 Å². The third-order valence-electron chi connectivity index (χ3n) is 3.79. The molecule has 1 N–H and O–H groups in total. The van der Waals surface area contributed by atoms with Crippen molar-refractivity contribution in [2.45, 2.75) is 13.3 Å². The van der Waals surface area contributed by atoms with Crippen molar-refractivity contribution in [2.75, 3.05) is 32.2 Å². The van der Waals surface area contributed by atoms with Gasteiger partial charge in [-0.05, 0) is 47.1 Å². The van der Waals surface area contributed by atoms with Crippen molar-refractivity contribution in [1.29, 1.82) is 0 Å².